The van der Waals surface area contributed by atoms with Crippen LogP contribution in [0.5, 0.6) is 0 Å². The lowest BCUT2D eigenvalue weighted by atomic mass is 9.70. The third-order valence-electron chi connectivity index (χ3n) is 8.81. The summed E-state index contributed by atoms with van der Waals surface area (Å²) in [4.78, 5) is 2.39. The van der Waals surface area contributed by atoms with Gasteiger partial charge >= 0.3 is 0 Å². The fourth-order valence-corrected chi connectivity index (χ4v) is 6.79. The van der Waals surface area contributed by atoms with Gasteiger partial charge in [-0.05, 0) is 83.0 Å². The number of aliphatic hydroxyl groups is 2. The molecule has 1 aliphatic heterocycles. The van der Waals surface area contributed by atoms with Gasteiger partial charge in [0.1, 0.15) is 0 Å². The van der Waals surface area contributed by atoms with Crippen LogP contribution >= 0.6 is 0 Å². The SMILES string of the molecule is CC1(C)CC(O)CC(C)(C)N1CC(O)CCOC1CC2CCC1(C)C2(C)C. The Morgan fingerprint density at radius 3 is 2.11 bits per heavy atom. The molecule has 0 aromatic heterocycles. The van der Waals surface area contributed by atoms with Crippen molar-refractivity contribution >= 4 is 0 Å². The Hall–Kier alpha value is -0.160. The molecule has 2 aliphatic carbocycles. The van der Waals surface area contributed by atoms with Crippen molar-refractivity contribution in [3.8, 4) is 0 Å². The monoisotopic (exact) mass is 381 g/mol. The second-order valence-corrected chi connectivity index (χ2v) is 11.7. The number of ether oxygens (including phenoxy) is 1. The maximum absolute atomic E-state index is 10.7. The summed E-state index contributed by atoms with van der Waals surface area (Å²) >= 11 is 0. The molecule has 0 spiro atoms. The standard InChI is InChI=1S/C23H43NO3/c1-20(2)13-18(26)14-21(3,4)24(20)15-17(25)9-11-27-19-12-16-8-10-23(19,7)22(16,5)6/h16-19,25-26H,8-15H2,1-7H3. The first-order chi connectivity index (χ1) is 12.3. The van der Waals surface area contributed by atoms with Crippen molar-refractivity contribution in [3.63, 3.8) is 0 Å². The lowest BCUT2D eigenvalue weighted by Crippen LogP contribution is -2.63. The molecular weight excluding hydrogens is 338 g/mol. The third-order valence-corrected chi connectivity index (χ3v) is 8.81. The molecule has 4 heteroatoms. The zero-order valence-corrected chi connectivity index (χ0v) is 18.7. The molecule has 0 aromatic carbocycles. The molecule has 3 rings (SSSR count). The van der Waals surface area contributed by atoms with E-state index in [0.717, 1.165) is 18.8 Å². The molecule has 1 heterocycles. The highest BCUT2D eigenvalue weighted by Crippen LogP contribution is 2.66. The van der Waals surface area contributed by atoms with Gasteiger partial charge in [0.2, 0.25) is 0 Å². The lowest BCUT2D eigenvalue weighted by Gasteiger charge is -2.55. The van der Waals surface area contributed by atoms with Crippen molar-refractivity contribution in [2.24, 2.45) is 16.7 Å². The quantitative estimate of drug-likeness (QED) is 0.731. The second-order valence-electron chi connectivity index (χ2n) is 11.7. The predicted molar refractivity (Wildman–Crippen MR) is 110 cm³/mol. The Balaban J connectivity index is 1.51. The second kappa shape index (κ2) is 6.97. The number of nitrogens with zero attached hydrogens (tertiary/aromatic N) is 1. The maximum atomic E-state index is 10.7. The maximum Gasteiger partial charge on any atom is 0.0689 e. The molecule has 27 heavy (non-hydrogen) atoms. The van der Waals surface area contributed by atoms with E-state index in [1.54, 1.807) is 0 Å². The van der Waals surface area contributed by atoms with Crippen molar-refractivity contribution in [2.45, 2.75) is 116 Å². The molecule has 0 amide bonds. The molecule has 2 saturated carbocycles. The largest absolute Gasteiger partial charge is 0.393 e. The van der Waals surface area contributed by atoms with Crippen molar-refractivity contribution in [1.82, 2.24) is 4.90 Å². The van der Waals surface area contributed by atoms with Crippen LogP contribution < -0.4 is 0 Å². The minimum Gasteiger partial charge on any atom is -0.393 e. The summed E-state index contributed by atoms with van der Waals surface area (Å²) in [5.41, 5.74) is 0.449. The number of rotatable bonds is 6. The fourth-order valence-electron chi connectivity index (χ4n) is 6.79. The van der Waals surface area contributed by atoms with Crippen LogP contribution in [0.25, 0.3) is 0 Å². The summed E-state index contributed by atoms with van der Waals surface area (Å²) in [6.45, 7) is 17.2. The third kappa shape index (κ3) is 3.72. The van der Waals surface area contributed by atoms with Crippen LogP contribution in [0, 0.1) is 16.7 Å². The molecule has 0 radical (unpaired) electrons. The average molecular weight is 382 g/mol. The van der Waals surface area contributed by atoms with E-state index in [0.29, 0.717) is 31.1 Å². The fraction of sp³-hybridized carbons (Fsp3) is 1.00. The van der Waals surface area contributed by atoms with Crippen LogP contribution in [0.3, 0.4) is 0 Å². The first-order valence-corrected chi connectivity index (χ1v) is 11.0. The van der Waals surface area contributed by atoms with Gasteiger partial charge in [0.15, 0.2) is 0 Å². The smallest absolute Gasteiger partial charge is 0.0689 e. The first kappa shape index (κ1) is 21.5. The molecule has 0 aromatic rings. The molecular formula is C23H43NO3. The number of piperidine rings is 1. The van der Waals surface area contributed by atoms with Gasteiger partial charge in [0.05, 0.1) is 18.3 Å². The van der Waals surface area contributed by atoms with Crippen molar-refractivity contribution < 1.29 is 14.9 Å². The van der Waals surface area contributed by atoms with Gasteiger partial charge in [-0.15, -0.1) is 0 Å². The minimum atomic E-state index is -0.391. The molecule has 3 fully saturated rings. The topological polar surface area (TPSA) is 52.9 Å². The highest BCUT2D eigenvalue weighted by atomic mass is 16.5. The van der Waals surface area contributed by atoms with Gasteiger partial charge in [0.25, 0.3) is 0 Å². The number of hydrogen-bond acceptors (Lipinski definition) is 4. The van der Waals surface area contributed by atoms with E-state index in [2.05, 4.69) is 53.4 Å². The summed E-state index contributed by atoms with van der Waals surface area (Å²) in [6, 6.07) is 0. The number of aliphatic hydroxyl groups excluding tert-OH is 2. The average Bonchev–Trinajstić information content (AvgIpc) is 2.83. The van der Waals surface area contributed by atoms with Crippen molar-refractivity contribution in [1.29, 1.82) is 0 Å². The van der Waals surface area contributed by atoms with E-state index in [1.807, 2.05) is 0 Å². The number of β-amino-alcohol motifs (C(OH)–C–C–N with tert-alkyl or cyclic N) is 1. The summed E-state index contributed by atoms with van der Waals surface area (Å²) in [5.74, 6) is 0.791. The zero-order chi connectivity index (χ0) is 20.3. The molecule has 2 N–H and O–H groups in total. The predicted octanol–water partition coefficient (Wildman–Crippen LogP) is 3.98. The van der Waals surface area contributed by atoms with Crippen LogP contribution in [0.1, 0.15) is 87.0 Å². The van der Waals surface area contributed by atoms with Gasteiger partial charge in [-0.1, -0.05) is 20.8 Å². The van der Waals surface area contributed by atoms with Crippen LogP contribution in [-0.2, 0) is 4.74 Å². The molecule has 1 saturated heterocycles. The molecule has 2 bridgehead atoms. The summed E-state index contributed by atoms with van der Waals surface area (Å²) in [7, 11) is 0. The number of fused-ring (bicyclic) bond motifs is 2. The zero-order valence-electron chi connectivity index (χ0n) is 18.7. The summed E-state index contributed by atoms with van der Waals surface area (Å²) in [6.07, 6.45) is 5.70. The molecule has 4 nitrogen and oxygen atoms in total. The van der Waals surface area contributed by atoms with Gasteiger partial charge in [0, 0.05) is 24.2 Å². The molecule has 158 valence electrons. The van der Waals surface area contributed by atoms with E-state index >= 15 is 0 Å². The summed E-state index contributed by atoms with van der Waals surface area (Å²) in [5, 5.41) is 20.9. The number of hydrogen-bond donors (Lipinski definition) is 2. The molecule has 3 aliphatic rings. The highest BCUT2D eigenvalue weighted by molar-refractivity contribution is 5.11. The summed E-state index contributed by atoms with van der Waals surface area (Å²) < 4.78 is 6.34. The van der Waals surface area contributed by atoms with Gasteiger partial charge in [-0.25, -0.2) is 0 Å². The van der Waals surface area contributed by atoms with Crippen LogP contribution in [0.4, 0.5) is 0 Å². The van der Waals surface area contributed by atoms with Gasteiger partial charge < -0.3 is 14.9 Å². The van der Waals surface area contributed by atoms with Gasteiger partial charge in [-0.2, -0.15) is 0 Å². The van der Waals surface area contributed by atoms with Gasteiger partial charge in [-0.3, -0.25) is 4.90 Å². The van der Waals surface area contributed by atoms with Crippen LogP contribution in [-0.4, -0.2) is 57.7 Å². The van der Waals surface area contributed by atoms with E-state index < -0.39 is 6.10 Å². The van der Waals surface area contributed by atoms with Crippen LogP contribution in [0.2, 0.25) is 0 Å². The highest BCUT2D eigenvalue weighted by Gasteiger charge is 2.61. The lowest BCUT2D eigenvalue weighted by molar-refractivity contribution is -0.103. The first-order valence-electron chi connectivity index (χ1n) is 11.0. The normalized spacial score (nSPS) is 39.0. The van der Waals surface area contributed by atoms with E-state index in [9.17, 15) is 10.2 Å². The Labute approximate surface area is 166 Å². The Morgan fingerprint density at radius 1 is 1.04 bits per heavy atom. The van der Waals surface area contributed by atoms with E-state index in [1.165, 1.54) is 19.3 Å². The molecule has 4 atom stereocenters. The Morgan fingerprint density at radius 2 is 1.63 bits per heavy atom. The number of likely N-dealkylation sites (tertiary alicyclic amines) is 1. The minimum absolute atomic E-state index is 0.106. The van der Waals surface area contributed by atoms with Crippen LogP contribution in [0.15, 0.2) is 0 Å². The van der Waals surface area contributed by atoms with E-state index in [-0.39, 0.29) is 22.6 Å². The van der Waals surface area contributed by atoms with E-state index in [4.69, 9.17) is 4.74 Å². The molecule has 4 unspecified atom stereocenters. The van der Waals surface area contributed by atoms with Crippen molar-refractivity contribution in [2.75, 3.05) is 13.2 Å². The van der Waals surface area contributed by atoms with Crippen molar-refractivity contribution in [3.05, 3.63) is 0 Å². The Bertz CT molecular complexity index is 526. The Kier molecular flexibility index (Phi) is 5.56.